The monoisotopic (exact) mass is 137 g/mol. The van der Waals surface area contributed by atoms with Crippen LogP contribution in [-0.2, 0) is 0 Å². The standard InChI is InChI=1S/C9H15N/c1-2-3-4-9-5-7-10-8-6-9/h2,5,10H,1,3-4,6-8H2. The summed E-state index contributed by atoms with van der Waals surface area (Å²) in [5, 5.41) is 3.29. The summed E-state index contributed by atoms with van der Waals surface area (Å²) < 4.78 is 0. The summed E-state index contributed by atoms with van der Waals surface area (Å²) in [4.78, 5) is 0. The minimum atomic E-state index is 1.06. The number of hydrogen-bond acceptors (Lipinski definition) is 1. The van der Waals surface area contributed by atoms with E-state index in [1.807, 2.05) is 6.08 Å². The van der Waals surface area contributed by atoms with E-state index in [1.54, 1.807) is 5.57 Å². The fraction of sp³-hybridized carbons (Fsp3) is 0.556. The van der Waals surface area contributed by atoms with E-state index in [4.69, 9.17) is 0 Å². The smallest absolute Gasteiger partial charge is 0.0137 e. The molecule has 0 atom stereocenters. The maximum absolute atomic E-state index is 3.70. The van der Waals surface area contributed by atoms with Gasteiger partial charge >= 0.3 is 0 Å². The van der Waals surface area contributed by atoms with Gasteiger partial charge in [-0.3, -0.25) is 0 Å². The van der Waals surface area contributed by atoms with Crippen molar-refractivity contribution in [3.63, 3.8) is 0 Å². The SMILES string of the molecule is C=CCCC1=CCNCC1. The zero-order chi connectivity index (χ0) is 7.23. The fourth-order valence-corrected chi connectivity index (χ4v) is 1.18. The van der Waals surface area contributed by atoms with Crippen LogP contribution in [0.25, 0.3) is 0 Å². The molecule has 1 heterocycles. The Balaban J connectivity index is 2.24. The molecule has 0 saturated carbocycles. The van der Waals surface area contributed by atoms with Crippen LogP contribution in [0.3, 0.4) is 0 Å². The molecule has 1 rings (SSSR count). The Morgan fingerprint density at radius 3 is 3.20 bits per heavy atom. The summed E-state index contributed by atoms with van der Waals surface area (Å²) in [5.74, 6) is 0. The van der Waals surface area contributed by atoms with Crippen LogP contribution in [0.2, 0.25) is 0 Å². The first-order chi connectivity index (χ1) is 4.93. The normalized spacial score (nSPS) is 18.2. The Morgan fingerprint density at radius 2 is 2.60 bits per heavy atom. The second-order valence-electron chi connectivity index (χ2n) is 2.64. The van der Waals surface area contributed by atoms with Crippen molar-refractivity contribution < 1.29 is 0 Å². The summed E-state index contributed by atoms with van der Waals surface area (Å²) in [6.07, 6.45) is 7.86. The van der Waals surface area contributed by atoms with Crippen molar-refractivity contribution in [1.29, 1.82) is 0 Å². The lowest BCUT2D eigenvalue weighted by atomic mass is 10.0. The highest BCUT2D eigenvalue weighted by Gasteiger charge is 1.99. The molecule has 56 valence electrons. The van der Waals surface area contributed by atoms with Crippen LogP contribution in [0.1, 0.15) is 19.3 Å². The molecule has 1 aliphatic heterocycles. The molecule has 0 unspecified atom stereocenters. The molecule has 0 aliphatic carbocycles. The second-order valence-corrected chi connectivity index (χ2v) is 2.64. The largest absolute Gasteiger partial charge is 0.313 e. The first-order valence-electron chi connectivity index (χ1n) is 3.93. The maximum Gasteiger partial charge on any atom is 0.0137 e. The molecule has 0 aromatic carbocycles. The fourth-order valence-electron chi connectivity index (χ4n) is 1.18. The van der Waals surface area contributed by atoms with Gasteiger partial charge < -0.3 is 5.32 Å². The van der Waals surface area contributed by atoms with Crippen LogP contribution in [0.5, 0.6) is 0 Å². The molecule has 0 radical (unpaired) electrons. The molecule has 0 aromatic rings. The molecular formula is C9H15N. The van der Waals surface area contributed by atoms with E-state index in [9.17, 15) is 0 Å². The van der Waals surface area contributed by atoms with E-state index in [1.165, 1.54) is 12.8 Å². The highest BCUT2D eigenvalue weighted by atomic mass is 14.8. The van der Waals surface area contributed by atoms with Crippen LogP contribution in [0.4, 0.5) is 0 Å². The Kier molecular flexibility index (Phi) is 3.23. The average Bonchev–Trinajstić information content (AvgIpc) is 2.03. The zero-order valence-electron chi connectivity index (χ0n) is 6.40. The van der Waals surface area contributed by atoms with Crippen LogP contribution < -0.4 is 5.32 Å². The quantitative estimate of drug-likeness (QED) is 0.585. The van der Waals surface area contributed by atoms with Gasteiger partial charge in [0.1, 0.15) is 0 Å². The number of rotatable bonds is 3. The highest BCUT2D eigenvalue weighted by Crippen LogP contribution is 2.11. The Labute approximate surface area is 62.8 Å². The molecule has 0 saturated heterocycles. The van der Waals surface area contributed by atoms with Crippen LogP contribution in [0.15, 0.2) is 24.3 Å². The molecule has 1 N–H and O–H groups in total. The number of nitrogens with one attached hydrogen (secondary N) is 1. The van der Waals surface area contributed by atoms with Crippen LogP contribution in [-0.4, -0.2) is 13.1 Å². The van der Waals surface area contributed by atoms with Gasteiger partial charge in [-0.25, -0.2) is 0 Å². The predicted octanol–water partition coefficient (Wildman–Crippen LogP) is 1.87. The van der Waals surface area contributed by atoms with Gasteiger partial charge in [0.15, 0.2) is 0 Å². The first-order valence-corrected chi connectivity index (χ1v) is 3.93. The third kappa shape index (κ3) is 2.36. The van der Waals surface area contributed by atoms with E-state index in [-0.39, 0.29) is 0 Å². The lowest BCUT2D eigenvalue weighted by Crippen LogP contribution is -2.20. The number of hydrogen-bond donors (Lipinski definition) is 1. The maximum atomic E-state index is 3.70. The van der Waals surface area contributed by atoms with E-state index < -0.39 is 0 Å². The van der Waals surface area contributed by atoms with Crippen LogP contribution >= 0.6 is 0 Å². The van der Waals surface area contributed by atoms with Gasteiger partial charge in [0.2, 0.25) is 0 Å². The average molecular weight is 137 g/mol. The summed E-state index contributed by atoms with van der Waals surface area (Å²) in [6.45, 7) is 5.92. The summed E-state index contributed by atoms with van der Waals surface area (Å²) >= 11 is 0. The molecule has 0 fully saturated rings. The van der Waals surface area contributed by atoms with Gasteiger partial charge in [-0.15, -0.1) is 6.58 Å². The van der Waals surface area contributed by atoms with Crippen molar-refractivity contribution in [3.8, 4) is 0 Å². The number of allylic oxidation sites excluding steroid dienone is 1. The van der Waals surface area contributed by atoms with Crippen molar-refractivity contribution in [3.05, 3.63) is 24.3 Å². The molecule has 0 aromatic heterocycles. The van der Waals surface area contributed by atoms with E-state index in [0.717, 1.165) is 19.5 Å². The predicted molar refractivity (Wildman–Crippen MR) is 45.0 cm³/mol. The first kappa shape index (κ1) is 7.55. The minimum Gasteiger partial charge on any atom is -0.313 e. The summed E-state index contributed by atoms with van der Waals surface area (Å²) in [6, 6.07) is 0. The van der Waals surface area contributed by atoms with E-state index in [2.05, 4.69) is 18.0 Å². The second kappa shape index (κ2) is 4.29. The van der Waals surface area contributed by atoms with Crippen molar-refractivity contribution in [2.45, 2.75) is 19.3 Å². The minimum absolute atomic E-state index is 1.06. The van der Waals surface area contributed by atoms with Crippen molar-refractivity contribution in [1.82, 2.24) is 5.32 Å². The molecule has 1 aliphatic rings. The van der Waals surface area contributed by atoms with Crippen molar-refractivity contribution >= 4 is 0 Å². The highest BCUT2D eigenvalue weighted by molar-refractivity contribution is 5.07. The van der Waals surface area contributed by atoms with E-state index >= 15 is 0 Å². The topological polar surface area (TPSA) is 12.0 Å². The van der Waals surface area contributed by atoms with Crippen molar-refractivity contribution in [2.24, 2.45) is 0 Å². The molecule has 10 heavy (non-hydrogen) atoms. The molecular weight excluding hydrogens is 122 g/mol. The molecule has 0 spiro atoms. The van der Waals surface area contributed by atoms with Gasteiger partial charge in [0.25, 0.3) is 0 Å². The Bertz CT molecular complexity index is 136. The molecule has 1 nitrogen and oxygen atoms in total. The third-order valence-corrected chi connectivity index (χ3v) is 1.83. The molecule has 0 amide bonds. The lowest BCUT2D eigenvalue weighted by molar-refractivity contribution is 0.680. The summed E-state index contributed by atoms with van der Waals surface area (Å²) in [5.41, 5.74) is 1.60. The lowest BCUT2D eigenvalue weighted by Gasteiger charge is -2.12. The van der Waals surface area contributed by atoms with Gasteiger partial charge in [-0.1, -0.05) is 17.7 Å². The molecule has 0 bridgehead atoms. The van der Waals surface area contributed by atoms with E-state index in [0.29, 0.717) is 0 Å². The Morgan fingerprint density at radius 1 is 1.70 bits per heavy atom. The van der Waals surface area contributed by atoms with Gasteiger partial charge in [0.05, 0.1) is 0 Å². The third-order valence-electron chi connectivity index (χ3n) is 1.83. The summed E-state index contributed by atoms with van der Waals surface area (Å²) in [7, 11) is 0. The van der Waals surface area contributed by atoms with Crippen molar-refractivity contribution in [2.75, 3.05) is 13.1 Å². The van der Waals surface area contributed by atoms with Gasteiger partial charge in [-0.2, -0.15) is 0 Å². The Hall–Kier alpha value is -0.560. The molecule has 1 heteroatoms. The van der Waals surface area contributed by atoms with Crippen LogP contribution in [0, 0.1) is 0 Å². The van der Waals surface area contributed by atoms with Gasteiger partial charge in [0, 0.05) is 6.54 Å². The zero-order valence-corrected chi connectivity index (χ0v) is 6.40. The van der Waals surface area contributed by atoms with Gasteiger partial charge in [-0.05, 0) is 25.8 Å².